The van der Waals surface area contributed by atoms with E-state index in [0.717, 1.165) is 0 Å². The highest BCUT2D eigenvalue weighted by atomic mass is 32.2. The van der Waals surface area contributed by atoms with E-state index in [-0.39, 0.29) is 11.4 Å². The number of nitriles is 1. The largest absolute Gasteiger partial charge is 0.381 e. The number of rotatable bonds is 3. The molecule has 0 saturated carbocycles. The lowest BCUT2D eigenvalue weighted by Crippen LogP contribution is -2.33. The van der Waals surface area contributed by atoms with Gasteiger partial charge in [-0.1, -0.05) is 0 Å². The average Bonchev–Trinajstić information content (AvgIpc) is 2.71. The van der Waals surface area contributed by atoms with Crippen molar-refractivity contribution in [3.63, 3.8) is 0 Å². The van der Waals surface area contributed by atoms with Crippen LogP contribution in [0.15, 0.2) is 6.20 Å². The second kappa shape index (κ2) is 4.96. The number of hydrogen-bond donors (Lipinski definition) is 1. The van der Waals surface area contributed by atoms with Crippen molar-refractivity contribution < 1.29 is 13.2 Å². The fraction of sp³-hybridized carbons (Fsp3) is 0.600. The molecule has 1 aliphatic rings. The van der Waals surface area contributed by atoms with Crippen molar-refractivity contribution in [2.45, 2.75) is 18.1 Å². The van der Waals surface area contributed by atoms with E-state index in [4.69, 9.17) is 10.00 Å². The monoisotopic (exact) mass is 270 g/mol. The van der Waals surface area contributed by atoms with Crippen LogP contribution >= 0.6 is 0 Å². The third-order valence-corrected chi connectivity index (χ3v) is 4.73. The minimum Gasteiger partial charge on any atom is -0.381 e. The van der Waals surface area contributed by atoms with Crippen LogP contribution in [0, 0.1) is 11.3 Å². The summed E-state index contributed by atoms with van der Waals surface area (Å²) in [6.45, 7) is 0.893. The van der Waals surface area contributed by atoms with E-state index < -0.39 is 15.3 Å². The van der Waals surface area contributed by atoms with Crippen molar-refractivity contribution >= 4 is 15.8 Å². The molecule has 0 unspecified atom stereocenters. The van der Waals surface area contributed by atoms with Crippen molar-refractivity contribution in [1.82, 2.24) is 9.78 Å². The molecule has 0 spiro atoms. The summed E-state index contributed by atoms with van der Waals surface area (Å²) < 4.78 is 33.2. The molecule has 7 nitrogen and oxygen atoms in total. The van der Waals surface area contributed by atoms with Gasteiger partial charge >= 0.3 is 0 Å². The molecule has 98 valence electrons. The second-order valence-corrected chi connectivity index (χ2v) is 6.06. The smallest absolute Gasteiger partial charge is 0.236 e. The zero-order valence-corrected chi connectivity index (χ0v) is 10.8. The lowest BCUT2D eigenvalue weighted by Gasteiger charge is -2.22. The number of nitrogens with zero attached hydrogens (tertiary/aromatic N) is 3. The van der Waals surface area contributed by atoms with Crippen molar-refractivity contribution in [2.75, 3.05) is 17.9 Å². The summed E-state index contributed by atoms with van der Waals surface area (Å²) in [6.07, 6.45) is 2.27. The van der Waals surface area contributed by atoms with Crippen molar-refractivity contribution in [3.05, 3.63) is 11.8 Å². The molecule has 0 aliphatic carbocycles. The molecule has 1 saturated heterocycles. The van der Waals surface area contributed by atoms with Crippen LogP contribution in [-0.2, 0) is 21.8 Å². The van der Waals surface area contributed by atoms with E-state index in [2.05, 4.69) is 9.82 Å². The Balaban J connectivity index is 2.22. The lowest BCUT2D eigenvalue weighted by molar-refractivity contribution is 0.0984. The van der Waals surface area contributed by atoms with E-state index in [1.807, 2.05) is 6.07 Å². The van der Waals surface area contributed by atoms with Gasteiger partial charge in [-0.15, -0.1) is 0 Å². The SMILES string of the molecule is Cn1ncc(C#N)c1NS(=O)(=O)C1CCOCC1. The van der Waals surface area contributed by atoms with Gasteiger partial charge in [-0.05, 0) is 12.8 Å². The highest BCUT2D eigenvalue weighted by Gasteiger charge is 2.29. The highest BCUT2D eigenvalue weighted by molar-refractivity contribution is 7.93. The molecule has 2 rings (SSSR count). The Kier molecular flexibility index (Phi) is 3.54. The normalized spacial score (nSPS) is 17.3. The minimum absolute atomic E-state index is 0.212. The van der Waals surface area contributed by atoms with Crippen molar-refractivity contribution in [2.24, 2.45) is 7.05 Å². The highest BCUT2D eigenvalue weighted by Crippen LogP contribution is 2.21. The molecule has 0 radical (unpaired) electrons. The van der Waals surface area contributed by atoms with Gasteiger partial charge in [0.05, 0.1) is 11.4 Å². The maximum Gasteiger partial charge on any atom is 0.236 e. The zero-order chi connectivity index (χ0) is 13.2. The van der Waals surface area contributed by atoms with Gasteiger partial charge in [0, 0.05) is 20.3 Å². The molecule has 1 aromatic rings. The third kappa shape index (κ3) is 2.47. The molecule has 1 N–H and O–H groups in total. The van der Waals surface area contributed by atoms with Gasteiger partial charge in [-0.2, -0.15) is 10.4 Å². The lowest BCUT2D eigenvalue weighted by atomic mass is 10.2. The van der Waals surface area contributed by atoms with Gasteiger partial charge in [-0.25, -0.2) is 8.42 Å². The molecule has 0 atom stereocenters. The first-order valence-electron chi connectivity index (χ1n) is 5.56. The summed E-state index contributed by atoms with van der Waals surface area (Å²) >= 11 is 0. The van der Waals surface area contributed by atoms with Crippen molar-refractivity contribution in [3.8, 4) is 6.07 Å². The molecule has 8 heteroatoms. The predicted octanol–water partition coefficient (Wildman–Crippen LogP) is 0.212. The van der Waals surface area contributed by atoms with Crippen LogP contribution in [0.25, 0.3) is 0 Å². The molecule has 2 heterocycles. The van der Waals surface area contributed by atoms with E-state index in [9.17, 15) is 8.42 Å². The average molecular weight is 270 g/mol. The minimum atomic E-state index is -3.50. The molecule has 18 heavy (non-hydrogen) atoms. The number of anilines is 1. The molecule has 0 aromatic carbocycles. The third-order valence-electron chi connectivity index (χ3n) is 2.91. The van der Waals surface area contributed by atoms with E-state index >= 15 is 0 Å². The summed E-state index contributed by atoms with van der Waals surface area (Å²) in [5.41, 5.74) is 0.216. The standard InChI is InChI=1S/C10H14N4O3S/c1-14-10(8(6-11)7-12-14)13-18(15,16)9-2-4-17-5-3-9/h7,9,13H,2-5H2,1H3. The second-order valence-electron chi connectivity index (χ2n) is 4.10. The first-order valence-corrected chi connectivity index (χ1v) is 7.10. The Hall–Kier alpha value is -1.59. The maximum atomic E-state index is 12.2. The van der Waals surface area contributed by atoms with Crippen LogP contribution in [0.2, 0.25) is 0 Å². The van der Waals surface area contributed by atoms with Gasteiger partial charge in [0.15, 0.2) is 5.82 Å². The Morgan fingerprint density at radius 3 is 2.83 bits per heavy atom. The summed E-state index contributed by atoms with van der Waals surface area (Å²) in [6, 6.07) is 1.91. The number of nitrogens with one attached hydrogen (secondary N) is 1. The van der Waals surface area contributed by atoms with Gasteiger partial charge < -0.3 is 4.74 Å². The molecule has 1 fully saturated rings. The van der Waals surface area contributed by atoms with Crippen LogP contribution in [-0.4, -0.2) is 36.7 Å². The zero-order valence-electron chi connectivity index (χ0n) is 9.96. The summed E-state index contributed by atoms with van der Waals surface area (Å²) in [7, 11) is -1.92. The molecule has 1 aliphatic heterocycles. The fourth-order valence-corrected chi connectivity index (χ4v) is 3.34. The number of sulfonamides is 1. The van der Waals surface area contributed by atoms with E-state index in [0.29, 0.717) is 26.1 Å². The Labute approximate surface area is 105 Å². The number of ether oxygens (including phenoxy) is 1. The maximum absolute atomic E-state index is 12.2. The topological polar surface area (TPSA) is 97.0 Å². The van der Waals surface area contributed by atoms with Gasteiger partial charge in [0.1, 0.15) is 11.6 Å². The van der Waals surface area contributed by atoms with Crippen LogP contribution < -0.4 is 4.72 Å². The predicted molar refractivity (Wildman–Crippen MR) is 64.3 cm³/mol. The number of aryl methyl sites for hydroxylation is 1. The van der Waals surface area contributed by atoms with E-state index in [1.54, 1.807) is 7.05 Å². The first-order chi connectivity index (χ1) is 8.54. The van der Waals surface area contributed by atoms with Crippen LogP contribution in [0.1, 0.15) is 18.4 Å². The Morgan fingerprint density at radius 2 is 2.22 bits per heavy atom. The van der Waals surface area contributed by atoms with Gasteiger partial charge in [0.25, 0.3) is 0 Å². The Bertz CT molecular complexity index is 566. The first kappa shape index (κ1) is 12.9. The number of aromatic nitrogens is 2. The Morgan fingerprint density at radius 1 is 1.56 bits per heavy atom. The molecular weight excluding hydrogens is 256 g/mol. The van der Waals surface area contributed by atoms with Crippen molar-refractivity contribution in [1.29, 1.82) is 5.26 Å². The van der Waals surface area contributed by atoms with E-state index in [1.165, 1.54) is 10.9 Å². The molecule has 0 bridgehead atoms. The molecule has 1 aromatic heterocycles. The summed E-state index contributed by atoms with van der Waals surface area (Å²) in [5.74, 6) is 0.212. The number of hydrogen-bond acceptors (Lipinski definition) is 5. The van der Waals surface area contributed by atoms with Crippen LogP contribution in [0.5, 0.6) is 0 Å². The molecule has 0 amide bonds. The quantitative estimate of drug-likeness (QED) is 0.847. The van der Waals surface area contributed by atoms with Gasteiger partial charge in [0.2, 0.25) is 10.0 Å². The fourth-order valence-electron chi connectivity index (χ4n) is 1.84. The molecular formula is C10H14N4O3S. The van der Waals surface area contributed by atoms with Gasteiger partial charge in [-0.3, -0.25) is 9.40 Å². The summed E-state index contributed by atoms with van der Waals surface area (Å²) in [5, 5.41) is 12.3. The summed E-state index contributed by atoms with van der Waals surface area (Å²) in [4.78, 5) is 0. The van der Waals surface area contributed by atoms with Crippen LogP contribution in [0.3, 0.4) is 0 Å². The van der Waals surface area contributed by atoms with Crippen LogP contribution in [0.4, 0.5) is 5.82 Å².